The van der Waals surface area contributed by atoms with Gasteiger partial charge in [0, 0.05) is 26.0 Å². The van der Waals surface area contributed by atoms with Crippen molar-refractivity contribution in [3.05, 3.63) is 24.7 Å². The molecule has 9 nitrogen and oxygen atoms in total. The van der Waals surface area contributed by atoms with E-state index in [1.807, 2.05) is 6.07 Å². The number of hydrogen-bond donors (Lipinski definition) is 1. The first-order chi connectivity index (χ1) is 10.3. The summed E-state index contributed by atoms with van der Waals surface area (Å²) in [4.78, 5) is 13.1. The summed E-state index contributed by atoms with van der Waals surface area (Å²) in [6, 6.07) is 1.81. The van der Waals surface area contributed by atoms with Crippen LogP contribution in [-0.4, -0.2) is 46.8 Å². The van der Waals surface area contributed by atoms with Crippen LogP contribution < -0.4 is 5.32 Å². The average molecular weight is 285 g/mol. The third-order valence-electron chi connectivity index (χ3n) is 2.84. The average Bonchev–Trinajstić information content (AvgIpc) is 3.18. The van der Waals surface area contributed by atoms with Crippen LogP contribution in [0.1, 0.15) is 13.3 Å². The first-order valence-corrected chi connectivity index (χ1v) is 6.64. The van der Waals surface area contributed by atoms with Gasteiger partial charge in [-0.05, 0) is 12.5 Å². The van der Waals surface area contributed by atoms with Crippen LogP contribution in [0.3, 0.4) is 0 Å². The summed E-state index contributed by atoms with van der Waals surface area (Å²) >= 11 is 0. The third kappa shape index (κ3) is 2.57. The van der Waals surface area contributed by atoms with Gasteiger partial charge in [0.15, 0.2) is 5.82 Å². The molecule has 0 atom stereocenters. The molecule has 108 valence electrons. The van der Waals surface area contributed by atoms with Crippen LogP contribution in [0.25, 0.3) is 17.5 Å². The second-order valence-corrected chi connectivity index (χ2v) is 4.33. The summed E-state index contributed by atoms with van der Waals surface area (Å²) in [5.41, 5.74) is 0.754. The van der Waals surface area contributed by atoms with Gasteiger partial charge in [0.05, 0.1) is 6.20 Å². The maximum atomic E-state index is 4.45. The van der Waals surface area contributed by atoms with Crippen molar-refractivity contribution in [3.8, 4) is 17.5 Å². The highest BCUT2D eigenvalue weighted by molar-refractivity contribution is 5.50. The van der Waals surface area contributed by atoms with Gasteiger partial charge in [-0.1, -0.05) is 12.1 Å². The Balaban J connectivity index is 2.09. The summed E-state index contributed by atoms with van der Waals surface area (Å²) in [7, 11) is 1.76. The van der Waals surface area contributed by atoms with Gasteiger partial charge in [0.1, 0.15) is 5.69 Å². The first-order valence-electron chi connectivity index (χ1n) is 6.64. The number of aromatic nitrogens is 8. The zero-order valence-electron chi connectivity index (χ0n) is 11.8. The van der Waals surface area contributed by atoms with Gasteiger partial charge in [0.2, 0.25) is 5.95 Å². The molecule has 9 heteroatoms. The molecule has 3 aromatic heterocycles. The molecule has 3 aromatic rings. The van der Waals surface area contributed by atoms with E-state index in [2.05, 4.69) is 42.6 Å². The predicted molar refractivity (Wildman–Crippen MR) is 75.8 cm³/mol. The van der Waals surface area contributed by atoms with Crippen LogP contribution in [0.5, 0.6) is 0 Å². The number of hydrogen-bond acceptors (Lipinski definition) is 7. The maximum absolute atomic E-state index is 4.45. The maximum Gasteiger partial charge on any atom is 0.255 e. The van der Waals surface area contributed by atoms with Crippen LogP contribution in [0.4, 0.5) is 5.95 Å². The molecule has 21 heavy (non-hydrogen) atoms. The Labute approximate surface area is 121 Å². The Morgan fingerprint density at radius 3 is 2.86 bits per heavy atom. The molecule has 0 spiro atoms. The van der Waals surface area contributed by atoms with Crippen molar-refractivity contribution in [1.29, 1.82) is 0 Å². The number of nitrogens with one attached hydrogen (secondary N) is 1. The fourth-order valence-corrected chi connectivity index (χ4v) is 1.89. The Morgan fingerprint density at radius 2 is 2.14 bits per heavy atom. The van der Waals surface area contributed by atoms with Gasteiger partial charge in [-0.25, -0.2) is 9.36 Å². The fraction of sp³-hybridized carbons (Fsp3) is 0.333. The van der Waals surface area contributed by atoms with E-state index in [1.54, 1.807) is 35.0 Å². The van der Waals surface area contributed by atoms with Gasteiger partial charge < -0.3 is 5.32 Å². The van der Waals surface area contributed by atoms with E-state index in [0.29, 0.717) is 17.7 Å². The van der Waals surface area contributed by atoms with E-state index in [1.165, 1.54) is 0 Å². The Morgan fingerprint density at radius 1 is 1.24 bits per heavy atom. The molecule has 0 fully saturated rings. The molecule has 0 saturated carbocycles. The minimum atomic E-state index is 0.443. The van der Waals surface area contributed by atoms with Crippen LogP contribution >= 0.6 is 0 Å². The highest BCUT2D eigenvalue weighted by Gasteiger charge is 2.14. The minimum absolute atomic E-state index is 0.443. The predicted octanol–water partition coefficient (Wildman–Crippen LogP) is 0.767. The number of rotatable bonds is 5. The molecule has 0 radical (unpaired) electrons. The normalized spacial score (nSPS) is 10.8. The molecule has 0 amide bonds. The molecule has 1 N–H and O–H groups in total. The van der Waals surface area contributed by atoms with Gasteiger partial charge >= 0.3 is 0 Å². The third-order valence-corrected chi connectivity index (χ3v) is 2.84. The topological polar surface area (TPSA) is 99.2 Å². The van der Waals surface area contributed by atoms with Crippen molar-refractivity contribution in [2.45, 2.75) is 19.9 Å². The van der Waals surface area contributed by atoms with E-state index in [0.717, 1.165) is 18.7 Å². The summed E-state index contributed by atoms with van der Waals surface area (Å²) in [6.07, 6.45) is 6.05. The molecular weight excluding hydrogens is 270 g/mol. The van der Waals surface area contributed by atoms with Crippen LogP contribution in [-0.2, 0) is 6.54 Å². The van der Waals surface area contributed by atoms with Gasteiger partial charge in [-0.2, -0.15) is 20.1 Å². The van der Waals surface area contributed by atoms with Crippen molar-refractivity contribution >= 4 is 5.95 Å². The second kappa shape index (κ2) is 5.65. The monoisotopic (exact) mass is 285 g/mol. The lowest BCUT2D eigenvalue weighted by Crippen LogP contribution is -2.10. The van der Waals surface area contributed by atoms with E-state index in [9.17, 15) is 0 Å². The molecule has 0 aliphatic heterocycles. The Kier molecular flexibility index (Phi) is 3.54. The fourth-order valence-electron chi connectivity index (χ4n) is 1.89. The minimum Gasteiger partial charge on any atom is -0.357 e. The van der Waals surface area contributed by atoms with Crippen molar-refractivity contribution in [3.63, 3.8) is 0 Å². The van der Waals surface area contributed by atoms with Crippen LogP contribution in [0, 0.1) is 0 Å². The van der Waals surface area contributed by atoms with Gasteiger partial charge in [-0.15, -0.1) is 5.10 Å². The van der Waals surface area contributed by atoms with E-state index >= 15 is 0 Å². The van der Waals surface area contributed by atoms with Crippen molar-refractivity contribution in [2.24, 2.45) is 0 Å². The van der Waals surface area contributed by atoms with Crippen molar-refractivity contribution in [1.82, 2.24) is 39.7 Å². The molecule has 0 unspecified atom stereocenters. The van der Waals surface area contributed by atoms with Crippen LogP contribution in [0.2, 0.25) is 0 Å². The number of nitrogens with zero attached hydrogens (tertiary/aromatic N) is 8. The molecule has 3 rings (SSSR count). The lowest BCUT2D eigenvalue weighted by molar-refractivity contribution is 0.582. The van der Waals surface area contributed by atoms with Crippen LogP contribution in [0.15, 0.2) is 24.7 Å². The van der Waals surface area contributed by atoms with E-state index in [4.69, 9.17) is 0 Å². The second-order valence-electron chi connectivity index (χ2n) is 4.33. The molecule has 0 saturated heterocycles. The summed E-state index contributed by atoms with van der Waals surface area (Å²) in [5.74, 6) is 1.42. The highest BCUT2D eigenvalue weighted by Crippen LogP contribution is 2.16. The zero-order chi connectivity index (χ0) is 14.7. The Bertz CT molecular complexity index is 716. The molecule has 0 bridgehead atoms. The van der Waals surface area contributed by atoms with Crippen molar-refractivity contribution < 1.29 is 0 Å². The molecule has 0 aliphatic rings. The molecule has 0 aliphatic carbocycles. The quantitative estimate of drug-likeness (QED) is 0.739. The lowest BCUT2D eigenvalue weighted by atomic mass is 10.4. The lowest BCUT2D eigenvalue weighted by Gasteiger charge is -2.07. The van der Waals surface area contributed by atoms with Gasteiger partial charge in [0.25, 0.3) is 5.95 Å². The smallest absolute Gasteiger partial charge is 0.255 e. The number of aryl methyl sites for hydroxylation is 1. The standard InChI is InChI=1S/C12H15N9/c1-3-6-20-9(8-14-19-20)10-16-11(13-2)18-12(17-10)21-7-4-5-15-21/h4-5,7-8H,3,6H2,1-2H3,(H,13,16,17,18). The highest BCUT2D eigenvalue weighted by atomic mass is 15.4. The van der Waals surface area contributed by atoms with Gasteiger partial charge in [-0.3, -0.25) is 0 Å². The molecule has 0 aromatic carbocycles. The summed E-state index contributed by atoms with van der Waals surface area (Å²) in [5, 5.41) is 15.1. The largest absolute Gasteiger partial charge is 0.357 e. The van der Waals surface area contributed by atoms with E-state index in [-0.39, 0.29) is 0 Å². The molecular formula is C12H15N9. The Hall–Kier alpha value is -2.84. The molecule has 3 heterocycles. The van der Waals surface area contributed by atoms with Crippen molar-refractivity contribution in [2.75, 3.05) is 12.4 Å². The number of anilines is 1. The summed E-state index contributed by atoms with van der Waals surface area (Å²) in [6.45, 7) is 2.83. The zero-order valence-corrected chi connectivity index (χ0v) is 11.8. The first kappa shape index (κ1) is 13.2. The SMILES string of the molecule is CCCn1nncc1-c1nc(NC)nc(-n2cccn2)n1. The summed E-state index contributed by atoms with van der Waals surface area (Å²) < 4.78 is 3.36. The van der Waals surface area contributed by atoms with E-state index < -0.39 is 0 Å².